The Morgan fingerprint density at radius 2 is 1.60 bits per heavy atom. The predicted octanol–water partition coefficient (Wildman–Crippen LogP) is 3.11. The van der Waals surface area contributed by atoms with E-state index in [0.29, 0.717) is 12.1 Å². The lowest BCUT2D eigenvalue weighted by atomic mass is 9.95. The number of hydrogen-bond acceptors (Lipinski definition) is 3. The van der Waals surface area contributed by atoms with E-state index in [1.807, 2.05) is 44.2 Å². The van der Waals surface area contributed by atoms with Crippen molar-refractivity contribution in [2.75, 3.05) is 6.54 Å². The van der Waals surface area contributed by atoms with Gasteiger partial charge >= 0.3 is 0 Å². The summed E-state index contributed by atoms with van der Waals surface area (Å²) in [4.78, 5) is 12.7. The van der Waals surface area contributed by atoms with E-state index in [1.54, 1.807) is 6.92 Å². The van der Waals surface area contributed by atoms with Gasteiger partial charge in [-0.2, -0.15) is 0 Å². The van der Waals surface area contributed by atoms with Crippen molar-refractivity contribution in [1.29, 1.82) is 0 Å². The van der Waals surface area contributed by atoms with Gasteiger partial charge in [-0.1, -0.05) is 51.1 Å². The van der Waals surface area contributed by atoms with E-state index in [4.69, 9.17) is 0 Å². The fourth-order valence-corrected chi connectivity index (χ4v) is 3.62. The molecule has 0 radical (unpaired) electrons. The van der Waals surface area contributed by atoms with Crippen molar-refractivity contribution in [3.8, 4) is 0 Å². The molecule has 1 atom stereocenters. The third-order valence-electron chi connectivity index (χ3n) is 3.87. The smallest absolute Gasteiger partial charge is 0.251 e. The van der Waals surface area contributed by atoms with Crippen LogP contribution in [0.25, 0.3) is 0 Å². The molecule has 0 aliphatic heterocycles. The van der Waals surface area contributed by atoms with Crippen molar-refractivity contribution in [3.63, 3.8) is 0 Å². The molecule has 0 aromatic heterocycles. The number of sulfonamides is 1. The lowest BCUT2D eigenvalue weighted by Crippen LogP contribution is -2.31. The molecule has 0 aliphatic carbocycles. The summed E-state index contributed by atoms with van der Waals surface area (Å²) >= 11 is 0. The number of rotatable bonds is 7. The molecule has 0 saturated heterocycles. The number of hydrogen-bond donors (Lipinski definition) is 2. The molecule has 0 fully saturated rings. The van der Waals surface area contributed by atoms with Gasteiger partial charge in [-0.15, -0.1) is 0 Å². The van der Waals surface area contributed by atoms with Gasteiger partial charge in [0.1, 0.15) is 0 Å². The van der Waals surface area contributed by atoms with Crippen LogP contribution in [0, 0.1) is 5.92 Å². The van der Waals surface area contributed by atoms with Crippen molar-refractivity contribution in [1.82, 2.24) is 10.0 Å². The Bertz CT molecular complexity index is 800. The lowest BCUT2D eigenvalue weighted by Gasteiger charge is -2.23. The van der Waals surface area contributed by atoms with Crippen LogP contribution in [0.2, 0.25) is 0 Å². The van der Waals surface area contributed by atoms with E-state index in [-0.39, 0.29) is 22.8 Å². The van der Waals surface area contributed by atoms with Crippen LogP contribution in [-0.2, 0) is 10.0 Å². The van der Waals surface area contributed by atoms with E-state index >= 15 is 0 Å². The van der Waals surface area contributed by atoms with Gasteiger partial charge < -0.3 is 5.32 Å². The predicted molar refractivity (Wildman–Crippen MR) is 98.8 cm³/mol. The molecular weight excluding hydrogens is 336 g/mol. The minimum Gasteiger partial charge on any atom is -0.345 e. The molecule has 0 spiro atoms. The van der Waals surface area contributed by atoms with Crippen LogP contribution in [0.3, 0.4) is 0 Å². The fraction of sp³-hybridized carbons (Fsp3) is 0.316. The Morgan fingerprint density at radius 3 is 2.12 bits per heavy atom. The molecule has 0 heterocycles. The molecule has 1 unspecified atom stereocenters. The van der Waals surface area contributed by atoms with Gasteiger partial charge in [-0.3, -0.25) is 4.79 Å². The number of benzene rings is 2. The zero-order valence-electron chi connectivity index (χ0n) is 14.7. The van der Waals surface area contributed by atoms with Gasteiger partial charge in [0.2, 0.25) is 10.0 Å². The highest BCUT2D eigenvalue weighted by atomic mass is 32.2. The molecule has 2 N–H and O–H groups in total. The summed E-state index contributed by atoms with van der Waals surface area (Å²) in [7, 11) is -3.51. The molecule has 25 heavy (non-hydrogen) atoms. The fourth-order valence-electron chi connectivity index (χ4n) is 2.58. The second-order valence-electron chi connectivity index (χ2n) is 6.13. The molecule has 2 rings (SSSR count). The first-order valence-corrected chi connectivity index (χ1v) is 9.79. The van der Waals surface area contributed by atoms with Crippen molar-refractivity contribution in [2.24, 2.45) is 5.92 Å². The van der Waals surface area contributed by atoms with Gasteiger partial charge in [-0.05, 0) is 35.7 Å². The Kier molecular flexibility index (Phi) is 6.33. The molecule has 134 valence electrons. The zero-order chi connectivity index (χ0) is 18.4. The maximum atomic E-state index is 12.5. The molecule has 6 heteroatoms. The molecule has 0 saturated carbocycles. The minimum absolute atomic E-state index is 0.112. The van der Waals surface area contributed by atoms with Crippen molar-refractivity contribution in [2.45, 2.75) is 31.7 Å². The third kappa shape index (κ3) is 4.90. The summed E-state index contributed by atoms with van der Waals surface area (Å²) in [6.45, 7) is 6.13. The molecule has 5 nitrogen and oxygen atoms in total. The molecule has 2 aromatic carbocycles. The topological polar surface area (TPSA) is 75.3 Å². The Labute approximate surface area is 149 Å². The van der Waals surface area contributed by atoms with E-state index in [1.165, 1.54) is 24.3 Å². The van der Waals surface area contributed by atoms with Crippen LogP contribution < -0.4 is 10.0 Å². The van der Waals surface area contributed by atoms with Gasteiger partial charge in [0, 0.05) is 12.1 Å². The first-order chi connectivity index (χ1) is 11.8. The van der Waals surface area contributed by atoms with Gasteiger partial charge in [0.15, 0.2) is 0 Å². The maximum absolute atomic E-state index is 12.5. The summed E-state index contributed by atoms with van der Waals surface area (Å²) in [5, 5.41) is 3.03. The number of amides is 1. The highest BCUT2D eigenvalue weighted by molar-refractivity contribution is 7.89. The summed E-state index contributed by atoms with van der Waals surface area (Å²) in [6.07, 6.45) is 0. The monoisotopic (exact) mass is 360 g/mol. The second kappa shape index (κ2) is 8.27. The third-order valence-corrected chi connectivity index (χ3v) is 5.43. The minimum atomic E-state index is -3.51. The van der Waals surface area contributed by atoms with E-state index in [9.17, 15) is 13.2 Å². The summed E-state index contributed by atoms with van der Waals surface area (Å²) in [6, 6.07) is 15.6. The van der Waals surface area contributed by atoms with Crippen LogP contribution in [0.5, 0.6) is 0 Å². The van der Waals surface area contributed by atoms with Gasteiger partial charge in [0.25, 0.3) is 5.91 Å². The Hall–Kier alpha value is -2.18. The van der Waals surface area contributed by atoms with Crippen LogP contribution in [0.15, 0.2) is 59.5 Å². The standard InChI is InChI=1S/C19H24N2O3S/c1-4-20-25(23,24)17-12-10-16(11-13-17)19(22)21-18(14(2)3)15-8-6-5-7-9-15/h5-14,18,20H,4H2,1-3H3,(H,21,22). The van der Waals surface area contributed by atoms with E-state index in [0.717, 1.165) is 5.56 Å². The maximum Gasteiger partial charge on any atom is 0.251 e. The van der Waals surface area contributed by atoms with E-state index < -0.39 is 10.0 Å². The SMILES string of the molecule is CCNS(=O)(=O)c1ccc(C(=O)NC(c2ccccc2)C(C)C)cc1. The molecule has 0 aliphatic rings. The summed E-state index contributed by atoms with van der Waals surface area (Å²) < 4.78 is 26.3. The van der Waals surface area contributed by atoms with Crippen molar-refractivity contribution >= 4 is 15.9 Å². The van der Waals surface area contributed by atoms with Crippen molar-refractivity contribution in [3.05, 3.63) is 65.7 Å². The van der Waals surface area contributed by atoms with Crippen LogP contribution in [-0.4, -0.2) is 20.9 Å². The van der Waals surface area contributed by atoms with Gasteiger partial charge in [-0.25, -0.2) is 13.1 Å². The number of carbonyl (C=O) groups is 1. The largest absolute Gasteiger partial charge is 0.345 e. The highest BCUT2D eigenvalue weighted by Gasteiger charge is 2.19. The summed E-state index contributed by atoms with van der Waals surface area (Å²) in [5.74, 6) is -0.00490. The first kappa shape index (κ1) is 19.1. The number of nitrogens with one attached hydrogen (secondary N) is 2. The lowest BCUT2D eigenvalue weighted by molar-refractivity contribution is 0.0925. The summed E-state index contributed by atoms with van der Waals surface area (Å²) in [5.41, 5.74) is 1.47. The van der Waals surface area contributed by atoms with Gasteiger partial charge in [0.05, 0.1) is 10.9 Å². The Morgan fingerprint density at radius 1 is 1.00 bits per heavy atom. The molecular formula is C19H24N2O3S. The molecule has 1 amide bonds. The number of carbonyl (C=O) groups excluding carboxylic acids is 1. The van der Waals surface area contributed by atoms with E-state index in [2.05, 4.69) is 10.0 Å². The Balaban J connectivity index is 2.17. The van der Waals surface area contributed by atoms with Crippen LogP contribution in [0.4, 0.5) is 0 Å². The molecule has 2 aromatic rings. The normalized spacial score (nSPS) is 12.8. The zero-order valence-corrected chi connectivity index (χ0v) is 15.5. The van der Waals surface area contributed by atoms with Crippen LogP contribution >= 0.6 is 0 Å². The van der Waals surface area contributed by atoms with Crippen molar-refractivity contribution < 1.29 is 13.2 Å². The average molecular weight is 360 g/mol. The quantitative estimate of drug-likeness (QED) is 0.797. The highest BCUT2D eigenvalue weighted by Crippen LogP contribution is 2.22. The molecule has 0 bridgehead atoms. The second-order valence-corrected chi connectivity index (χ2v) is 7.90. The van der Waals surface area contributed by atoms with Crippen LogP contribution in [0.1, 0.15) is 42.7 Å². The average Bonchev–Trinajstić information content (AvgIpc) is 2.60. The first-order valence-electron chi connectivity index (χ1n) is 8.30.